The second kappa shape index (κ2) is 7.79. The van der Waals surface area contributed by atoms with E-state index in [2.05, 4.69) is 13.0 Å². The lowest BCUT2D eigenvalue weighted by Crippen LogP contribution is -2.01. The third-order valence-corrected chi connectivity index (χ3v) is 2.40. The Balaban J connectivity index is 0.00000256. The van der Waals surface area contributed by atoms with Gasteiger partial charge in [-0.05, 0) is 12.0 Å². The normalized spacial score (nSPS) is 8.94. The van der Waals surface area contributed by atoms with Gasteiger partial charge >= 0.3 is 5.95 Å². The van der Waals surface area contributed by atoms with Crippen LogP contribution in [0.5, 0.6) is 0 Å². The van der Waals surface area contributed by atoms with Crippen molar-refractivity contribution in [3.8, 4) is 0 Å². The summed E-state index contributed by atoms with van der Waals surface area (Å²) in [6.45, 7) is 2.10. The molecule has 0 aliphatic carbocycles. The highest BCUT2D eigenvalue weighted by atomic mass is 28.1. The molecule has 0 saturated carbocycles. The number of rotatable bonds is 5. The maximum atomic E-state index is 5.35. The van der Waals surface area contributed by atoms with E-state index in [0.29, 0.717) is 11.7 Å². The van der Waals surface area contributed by atoms with Gasteiger partial charge in [-0.15, -0.1) is 0 Å². The Labute approximate surface area is 107 Å². The van der Waals surface area contributed by atoms with E-state index >= 15 is 0 Å². The number of hydrogen-bond donors (Lipinski definition) is 0. The predicted octanol–water partition coefficient (Wildman–Crippen LogP) is 2.43. The van der Waals surface area contributed by atoms with Crippen LogP contribution in [0.25, 0.3) is 5.76 Å². The van der Waals surface area contributed by atoms with Crippen LogP contribution in [0.3, 0.4) is 0 Å². The minimum atomic E-state index is 0. The smallest absolute Gasteiger partial charge is 0.323 e. The first-order valence-electron chi connectivity index (χ1n) is 5.23. The van der Waals surface area contributed by atoms with Crippen LogP contribution in [0.1, 0.15) is 18.1 Å². The number of benzene rings is 1. The molecule has 4 heteroatoms. The van der Waals surface area contributed by atoms with E-state index in [1.165, 1.54) is 5.56 Å². The van der Waals surface area contributed by atoms with Crippen LogP contribution in [-0.4, -0.2) is 32.3 Å². The van der Waals surface area contributed by atoms with Crippen molar-refractivity contribution in [2.75, 3.05) is 21.3 Å². The molecule has 0 aliphatic rings. The van der Waals surface area contributed by atoms with Crippen LogP contribution in [0.2, 0.25) is 0 Å². The molecule has 1 rings (SSSR count). The highest BCUT2D eigenvalue weighted by Crippen LogP contribution is 2.24. The highest BCUT2D eigenvalue weighted by molar-refractivity contribution is 5.75. The van der Waals surface area contributed by atoms with E-state index in [9.17, 15) is 0 Å². The lowest BCUT2D eigenvalue weighted by molar-refractivity contribution is 0.0871. The topological polar surface area (TPSA) is 27.7 Å². The Morgan fingerprint density at radius 2 is 1.59 bits per heavy atom. The van der Waals surface area contributed by atoms with E-state index in [0.717, 1.165) is 12.0 Å². The third kappa shape index (κ3) is 3.52. The summed E-state index contributed by atoms with van der Waals surface area (Å²) in [6, 6.07) is 8.04. The molecular weight excluding hydrogens is 232 g/mol. The van der Waals surface area contributed by atoms with Gasteiger partial charge in [0.2, 0.25) is 5.76 Å². The summed E-state index contributed by atoms with van der Waals surface area (Å²) in [4.78, 5) is 0. The van der Waals surface area contributed by atoms with Crippen molar-refractivity contribution < 1.29 is 14.2 Å². The number of aryl methyl sites for hydroxylation is 1. The maximum absolute atomic E-state index is 5.35. The van der Waals surface area contributed by atoms with Crippen molar-refractivity contribution in [1.29, 1.82) is 0 Å². The van der Waals surface area contributed by atoms with Gasteiger partial charge in [0.15, 0.2) is 0 Å². The molecule has 4 radical (unpaired) electrons. The Hall–Kier alpha value is -1.42. The summed E-state index contributed by atoms with van der Waals surface area (Å²) in [5.74, 6) is 1.02. The monoisotopic (exact) mass is 250 g/mol. The molecule has 0 saturated heterocycles. The summed E-state index contributed by atoms with van der Waals surface area (Å²) in [6.07, 6.45) is 0.934. The molecule has 0 aliphatic heterocycles. The van der Waals surface area contributed by atoms with Crippen LogP contribution in [0.15, 0.2) is 30.2 Å². The lowest BCUT2D eigenvalue weighted by Gasteiger charge is -2.14. The van der Waals surface area contributed by atoms with Gasteiger partial charge in [-0.25, -0.2) is 0 Å². The van der Waals surface area contributed by atoms with E-state index in [1.807, 2.05) is 18.2 Å². The molecule has 0 bridgehead atoms. The van der Waals surface area contributed by atoms with Gasteiger partial charge < -0.3 is 14.2 Å². The zero-order valence-electron chi connectivity index (χ0n) is 10.7. The van der Waals surface area contributed by atoms with E-state index in [1.54, 1.807) is 21.3 Å². The Morgan fingerprint density at radius 1 is 1.00 bits per heavy atom. The SMILES string of the molecule is CCc1ccccc1C(OC)=C(OC)OC.[Si]. The molecule has 0 atom stereocenters. The Bertz CT molecular complexity index is 369. The summed E-state index contributed by atoms with van der Waals surface area (Å²) in [7, 11) is 4.73. The average molecular weight is 250 g/mol. The van der Waals surface area contributed by atoms with Crippen molar-refractivity contribution >= 4 is 16.7 Å². The molecule has 92 valence electrons. The van der Waals surface area contributed by atoms with Crippen molar-refractivity contribution in [2.45, 2.75) is 13.3 Å². The van der Waals surface area contributed by atoms with Crippen LogP contribution < -0.4 is 0 Å². The summed E-state index contributed by atoms with van der Waals surface area (Å²) in [5.41, 5.74) is 2.21. The summed E-state index contributed by atoms with van der Waals surface area (Å²) in [5, 5.41) is 0. The Kier molecular flexibility index (Phi) is 7.13. The first-order chi connectivity index (χ1) is 7.78. The molecule has 0 aromatic heterocycles. The zero-order valence-corrected chi connectivity index (χ0v) is 11.7. The zero-order chi connectivity index (χ0) is 12.0. The second-order valence-corrected chi connectivity index (χ2v) is 3.24. The molecule has 0 heterocycles. The first kappa shape index (κ1) is 15.6. The molecule has 0 unspecified atom stereocenters. The third-order valence-electron chi connectivity index (χ3n) is 2.40. The predicted molar refractivity (Wildman–Crippen MR) is 69.5 cm³/mol. The van der Waals surface area contributed by atoms with Crippen molar-refractivity contribution in [3.05, 3.63) is 41.3 Å². The molecule has 1 aromatic rings. The van der Waals surface area contributed by atoms with E-state index in [4.69, 9.17) is 14.2 Å². The minimum absolute atomic E-state index is 0. The first-order valence-corrected chi connectivity index (χ1v) is 5.23. The van der Waals surface area contributed by atoms with Gasteiger partial charge in [0.05, 0.1) is 21.3 Å². The highest BCUT2D eigenvalue weighted by Gasteiger charge is 2.14. The molecule has 3 nitrogen and oxygen atoms in total. The van der Waals surface area contributed by atoms with Crippen molar-refractivity contribution in [2.24, 2.45) is 0 Å². The van der Waals surface area contributed by atoms with Crippen LogP contribution in [-0.2, 0) is 20.6 Å². The molecule has 17 heavy (non-hydrogen) atoms. The van der Waals surface area contributed by atoms with Gasteiger partial charge in [-0.2, -0.15) is 0 Å². The van der Waals surface area contributed by atoms with Gasteiger partial charge in [0.25, 0.3) is 0 Å². The summed E-state index contributed by atoms with van der Waals surface area (Å²) >= 11 is 0. The standard InChI is InChI=1S/C13H18O3.Si/c1-5-10-8-6-7-9-11(10)12(14-2)13(15-3)16-4;/h6-9H,5H2,1-4H3;. The largest absolute Gasteiger partial charge is 0.490 e. The van der Waals surface area contributed by atoms with Crippen LogP contribution >= 0.6 is 0 Å². The van der Waals surface area contributed by atoms with Crippen LogP contribution in [0, 0.1) is 0 Å². The molecule has 0 amide bonds. The van der Waals surface area contributed by atoms with E-state index < -0.39 is 0 Å². The fraction of sp³-hybridized carbons (Fsp3) is 0.385. The number of methoxy groups -OCH3 is 3. The number of ether oxygens (including phenoxy) is 3. The molecule has 0 N–H and O–H groups in total. The lowest BCUT2D eigenvalue weighted by atomic mass is 10.0. The van der Waals surface area contributed by atoms with Crippen molar-refractivity contribution in [3.63, 3.8) is 0 Å². The van der Waals surface area contributed by atoms with Gasteiger partial charge in [-0.1, -0.05) is 31.2 Å². The maximum Gasteiger partial charge on any atom is 0.323 e. The van der Waals surface area contributed by atoms with Gasteiger partial charge in [0, 0.05) is 16.5 Å². The quantitative estimate of drug-likeness (QED) is 0.593. The molecule has 1 aromatic carbocycles. The fourth-order valence-corrected chi connectivity index (χ4v) is 1.62. The number of hydrogen-bond acceptors (Lipinski definition) is 3. The molecule has 0 fully saturated rings. The van der Waals surface area contributed by atoms with Crippen molar-refractivity contribution in [1.82, 2.24) is 0 Å². The van der Waals surface area contributed by atoms with E-state index in [-0.39, 0.29) is 11.0 Å². The Morgan fingerprint density at radius 3 is 2.06 bits per heavy atom. The van der Waals surface area contributed by atoms with Gasteiger partial charge in [-0.3, -0.25) is 0 Å². The summed E-state index contributed by atoms with van der Waals surface area (Å²) < 4.78 is 15.6. The molecular formula is C13H18O3Si. The molecule has 0 spiro atoms. The average Bonchev–Trinajstić information content (AvgIpc) is 2.35. The fourth-order valence-electron chi connectivity index (χ4n) is 1.62. The van der Waals surface area contributed by atoms with Crippen LogP contribution in [0.4, 0.5) is 0 Å². The second-order valence-electron chi connectivity index (χ2n) is 3.24. The minimum Gasteiger partial charge on any atom is -0.490 e. The van der Waals surface area contributed by atoms with Gasteiger partial charge in [0.1, 0.15) is 0 Å².